The van der Waals surface area contributed by atoms with E-state index in [2.05, 4.69) is 33.4 Å². The molecule has 0 aliphatic heterocycles. The summed E-state index contributed by atoms with van der Waals surface area (Å²) in [6.45, 7) is 3.95. The van der Waals surface area contributed by atoms with Gasteiger partial charge in [-0.3, -0.25) is 4.79 Å². The van der Waals surface area contributed by atoms with Crippen LogP contribution in [0, 0.1) is 0 Å². The number of halogens is 1. The number of carbonyl (C=O) groups is 1. The lowest BCUT2D eigenvalue weighted by atomic mass is 10.2. The van der Waals surface area contributed by atoms with Crippen LogP contribution in [0.3, 0.4) is 0 Å². The molecule has 88 valence electrons. The molecule has 1 rings (SSSR count). The summed E-state index contributed by atoms with van der Waals surface area (Å²) in [4.78, 5) is 12.4. The monoisotopic (exact) mass is 302 g/mol. The maximum atomic E-state index is 11.3. The van der Waals surface area contributed by atoms with Crippen LogP contribution in [0.1, 0.15) is 38.0 Å². The minimum Gasteiger partial charge on any atom is -0.273 e. The summed E-state index contributed by atoms with van der Waals surface area (Å²) in [6.07, 6.45) is 2.47. The molecule has 0 bridgehead atoms. The first kappa shape index (κ1) is 13.4. The van der Waals surface area contributed by atoms with E-state index < -0.39 is 0 Å². The van der Waals surface area contributed by atoms with Gasteiger partial charge in [-0.25, -0.2) is 5.43 Å². The van der Waals surface area contributed by atoms with Crippen LogP contribution in [0.4, 0.5) is 0 Å². The van der Waals surface area contributed by atoms with Crippen LogP contribution in [-0.2, 0) is 4.79 Å². The summed E-state index contributed by atoms with van der Waals surface area (Å²) in [7, 11) is 0. The minimum atomic E-state index is -0.0168. The highest BCUT2D eigenvalue weighted by Gasteiger charge is 2.02. The summed E-state index contributed by atoms with van der Waals surface area (Å²) in [5.41, 5.74) is 3.40. The highest BCUT2D eigenvalue weighted by atomic mass is 79.9. The number of nitrogens with one attached hydrogen (secondary N) is 1. The fourth-order valence-corrected chi connectivity index (χ4v) is 2.43. The smallest absolute Gasteiger partial charge is 0.240 e. The lowest BCUT2D eigenvalue weighted by molar-refractivity contribution is -0.121. The van der Waals surface area contributed by atoms with Crippen molar-refractivity contribution in [3.05, 3.63) is 20.8 Å². The quantitative estimate of drug-likeness (QED) is 0.656. The zero-order chi connectivity index (χ0) is 12.0. The summed E-state index contributed by atoms with van der Waals surface area (Å²) in [5, 5.41) is 4.07. The van der Waals surface area contributed by atoms with E-state index in [-0.39, 0.29) is 5.91 Å². The van der Waals surface area contributed by atoms with Crippen molar-refractivity contribution in [1.29, 1.82) is 0 Å². The Labute approximate surface area is 108 Å². The third-order valence-electron chi connectivity index (χ3n) is 2.04. The highest BCUT2D eigenvalue weighted by Crippen LogP contribution is 2.22. The number of hydrogen-bond donors (Lipinski definition) is 1. The molecule has 1 aromatic rings. The molecule has 0 fully saturated rings. The zero-order valence-corrected chi connectivity index (χ0v) is 11.8. The molecule has 0 radical (unpaired) electrons. The van der Waals surface area contributed by atoms with Crippen LogP contribution in [-0.4, -0.2) is 11.6 Å². The normalized spacial score (nSPS) is 11.6. The largest absolute Gasteiger partial charge is 0.273 e. The average Bonchev–Trinajstić information content (AvgIpc) is 2.69. The standard InChI is InChI=1S/C11H15BrN2OS/c1-3-4-5-11(15)14-13-8(2)9-6-7-10(12)16-9/h6-7H,3-5H2,1-2H3,(H,14,15). The number of carbonyl (C=O) groups excluding carboxylic acids is 1. The van der Waals surface area contributed by atoms with Crippen molar-refractivity contribution in [3.8, 4) is 0 Å². The Kier molecular flexibility index (Phi) is 5.69. The van der Waals surface area contributed by atoms with Gasteiger partial charge < -0.3 is 0 Å². The van der Waals surface area contributed by atoms with Crippen LogP contribution >= 0.6 is 27.3 Å². The van der Waals surface area contributed by atoms with Crippen LogP contribution in [0.2, 0.25) is 0 Å². The zero-order valence-electron chi connectivity index (χ0n) is 9.42. The molecule has 0 saturated carbocycles. The van der Waals surface area contributed by atoms with Crippen molar-refractivity contribution in [3.63, 3.8) is 0 Å². The van der Waals surface area contributed by atoms with Gasteiger partial charge in [0.05, 0.1) is 14.4 Å². The van der Waals surface area contributed by atoms with Gasteiger partial charge in [0, 0.05) is 6.42 Å². The van der Waals surface area contributed by atoms with Crippen molar-refractivity contribution >= 4 is 38.9 Å². The molecule has 3 nitrogen and oxygen atoms in total. The summed E-state index contributed by atoms with van der Waals surface area (Å²) in [6, 6.07) is 3.95. The minimum absolute atomic E-state index is 0.0168. The van der Waals surface area contributed by atoms with Gasteiger partial charge in [0.15, 0.2) is 0 Å². The number of hydrogen-bond acceptors (Lipinski definition) is 3. The van der Waals surface area contributed by atoms with Gasteiger partial charge in [0.2, 0.25) is 5.91 Å². The van der Waals surface area contributed by atoms with E-state index in [0.29, 0.717) is 6.42 Å². The average molecular weight is 303 g/mol. The lowest BCUT2D eigenvalue weighted by Gasteiger charge is -2.00. The summed E-state index contributed by atoms with van der Waals surface area (Å²) >= 11 is 4.99. The molecular formula is C11H15BrN2OS. The van der Waals surface area contributed by atoms with E-state index in [4.69, 9.17) is 0 Å². The molecule has 1 amide bonds. The molecule has 1 N–H and O–H groups in total. The molecule has 5 heteroatoms. The molecule has 0 spiro atoms. The number of unbranched alkanes of at least 4 members (excludes halogenated alkanes) is 1. The fraction of sp³-hybridized carbons (Fsp3) is 0.455. The second-order valence-corrected chi connectivity index (χ2v) is 5.90. The first-order chi connectivity index (χ1) is 7.63. The SMILES string of the molecule is CCCCC(=O)NN=C(C)c1ccc(Br)s1. The van der Waals surface area contributed by atoms with E-state index in [1.54, 1.807) is 11.3 Å². The number of amides is 1. The molecule has 0 aromatic carbocycles. The molecule has 0 atom stereocenters. The van der Waals surface area contributed by atoms with Crippen molar-refractivity contribution in [2.75, 3.05) is 0 Å². The van der Waals surface area contributed by atoms with Crippen LogP contribution in [0.15, 0.2) is 21.0 Å². The number of nitrogens with zero attached hydrogens (tertiary/aromatic N) is 1. The second kappa shape index (κ2) is 6.81. The third-order valence-corrected chi connectivity index (χ3v) is 3.77. The van der Waals surface area contributed by atoms with Crippen LogP contribution < -0.4 is 5.43 Å². The molecular weight excluding hydrogens is 288 g/mol. The Bertz CT molecular complexity index is 387. The Morgan fingerprint density at radius 1 is 1.56 bits per heavy atom. The molecule has 0 aliphatic rings. The Morgan fingerprint density at radius 3 is 2.88 bits per heavy atom. The van der Waals surface area contributed by atoms with Crippen LogP contribution in [0.25, 0.3) is 0 Å². The molecule has 16 heavy (non-hydrogen) atoms. The first-order valence-corrected chi connectivity index (χ1v) is 6.83. The van der Waals surface area contributed by atoms with Crippen molar-refractivity contribution in [1.82, 2.24) is 5.43 Å². The Hall–Kier alpha value is -0.680. The predicted molar refractivity (Wildman–Crippen MR) is 71.9 cm³/mol. The van der Waals surface area contributed by atoms with Crippen molar-refractivity contribution in [2.45, 2.75) is 33.1 Å². The predicted octanol–water partition coefficient (Wildman–Crippen LogP) is 3.54. The van der Waals surface area contributed by atoms with E-state index >= 15 is 0 Å². The Balaban J connectivity index is 2.48. The van der Waals surface area contributed by atoms with E-state index in [1.165, 1.54) is 0 Å². The maximum absolute atomic E-state index is 11.3. The molecule has 1 heterocycles. The summed E-state index contributed by atoms with van der Waals surface area (Å²) < 4.78 is 1.06. The number of thiophene rings is 1. The van der Waals surface area contributed by atoms with E-state index in [0.717, 1.165) is 27.2 Å². The molecule has 0 unspecified atom stereocenters. The third kappa shape index (κ3) is 4.45. The van der Waals surface area contributed by atoms with E-state index in [1.807, 2.05) is 19.1 Å². The van der Waals surface area contributed by atoms with Crippen LogP contribution in [0.5, 0.6) is 0 Å². The topological polar surface area (TPSA) is 41.5 Å². The summed E-state index contributed by atoms with van der Waals surface area (Å²) in [5.74, 6) is -0.0168. The molecule has 0 aliphatic carbocycles. The number of rotatable bonds is 5. The molecule has 1 aromatic heterocycles. The number of hydrazone groups is 1. The van der Waals surface area contributed by atoms with Crippen molar-refractivity contribution < 1.29 is 4.79 Å². The van der Waals surface area contributed by atoms with Gasteiger partial charge >= 0.3 is 0 Å². The maximum Gasteiger partial charge on any atom is 0.240 e. The fourth-order valence-electron chi connectivity index (χ4n) is 1.10. The van der Waals surface area contributed by atoms with E-state index in [9.17, 15) is 4.79 Å². The molecule has 0 saturated heterocycles. The van der Waals surface area contributed by atoms with Crippen molar-refractivity contribution in [2.24, 2.45) is 5.10 Å². The van der Waals surface area contributed by atoms with Gasteiger partial charge in [-0.2, -0.15) is 5.10 Å². The van der Waals surface area contributed by atoms with Gasteiger partial charge in [-0.1, -0.05) is 13.3 Å². The van der Waals surface area contributed by atoms with Gasteiger partial charge in [-0.05, 0) is 41.4 Å². The van der Waals surface area contributed by atoms with Gasteiger partial charge in [-0.15, -0.1) is 11.3 Å². The van der Waals surface area contributed by atoms with Gasteiger partial charge in [0.1, 0.15) is 0 Å². The first-order valence-electron chi connectivity index (χ1n) is 5.22. The Morgan fingerprint density at radius 2 is 2.31 bits per heavy atom. The second-order valence-electron chi connectivity index (χ2n) is 3.44. The highest BCUT2D eigenvalue weighted by molar-refractivity contribution is 9.11. The van der Waals surface area contributed by atoms with Gasteiger partial charge in [0.25, 0.3) is 0 Å². The lowest BCUT2D eigenvalue weighted by Crippen LogP contribution is -2.18.